The molecule has 0 fully saturated rings. The molecule has 2 atom stereocenters. The number of methoxy groups -OCH3 is 1. The minimum Gasteiger partial charge on any atom is -0.497 e. The van der Waals surface area contributed by atoms with Crippen LogP contribution in [-0.2, 0) is 11.2 Å². The normalized spacial score (nSPS) is 17.9. The Balaban J connectivity index is 1.68. The Labute approximate surface area is 173 Å². The summed E-state index contributed by atoms with van der Waals surface area (Å²) in [5.74, 6) is 1.53. The van der Waals surface area contributed by atoms with E-state index >= 15 is 0 Å². The summed E-state index contributed by atoms with van der Waals surface area (Å²) in [5.41, 5.74) is 6.27. The van der Waals surface area contributed by atoms with Gasteiger partial charge in [0, 0.05) is 12.1 Å². The maximum atomic E-state index is 13.3. The van der Waals surface area contributed by atoms with Crippen molar-refractivity contribution < 1.29 is 9.53 Å². The average Bonchev–Trinajstić information content (AvgIpc) is 3.16. The number of anilines is 1. The average molecular weight is 410 g/mol. The number of benzene rings is 2. The highest BCUT2D eigenvalue weighted by molar-refractivity contribution is 8.00. The second kappa shape index (κ2) is 8.16. The first kappa shape index (κ1) is 19.3. The molecule has 7 nitrogen and oxygen atoms in total. The highest BCUT2D eigenvalue weighted by atomic mass is 32.2. The van der Waals surface area contributed by atoms with Crippen LogP contribution in [0.5, 0.6) is 5.75 Å². The van der Waals surface area contributed by atoms with Crippen LogP contribution in [0.25, 0.3) is 0 Å². The number of para-hydroxylation sites is 1. The van der Waals surface area contributed by atoms with Gasteiger partial charge in [0.05, 0.1) is 13.2 Å². The molecular formula is C21H23N5O2S. The molecule has 0 aliphatic carbocycles. The highest BCUT2D eigenvalue weighted by Gasteiger charge is 2.37. The van der Waals surface area contributed by atoms with Gasteiger partial charge in [-0.2, -0.15) is 0 Å². The van der Waals surface area contributed by atoms with Crippen molar-refractivity contribution in [3.63, 3.8) is 0 Å². The van der Waals surface area contributed by atoms with Gasteiger partial charge in [-0.15, -0.1) is 10.2 Å². The number of hydrogen-bond donors (Lipinski definition) is 2. The van der Waals surface area contributed by atoms with E-state index in [4.69, 9.17) is 4.74 Å². The summed E-state index contributed by atoms with van der Waals surface area (Å²) >= 11 is 1.42. The van der Waals surface area contributed by atoms with Crippen molar-refractivity contribution in [2.24, 2.45) is 0 Å². The van der Waals surface area contributed by atoms with Crippen molar-refractivity contribution in [1.29, 1.82) is 0 Å². The zero-order chi connectivity index (χ0) is 20.4. The van der Waals surface area contributed by atoms with Crippen LogP contribution in [0, 0.1) is 6.92 Å². The number of fused-ring (bicyclic) bond motifs is 1. The molecule has 0 saturated heterocycles. The molecule has 1 aliphatic heterocycles. The van der Waals surface area contributed by atoms with E-state index in [0.717, 1.165) is 34.8 Å². The third kappa shape index (κ3) is 3.80. The fourth-order valence-electron chi connectivity index (χ4n) is 3.31. The summed E-state index contributed by atoms with van der Waals surface area (Å²) in [6, 6.07) is 15.3. The highest BCUT2D eigenvalue weighted by Crippen LogP contribution is 2.38. The molecule has 0 saturated carbocycles. The predicted octanol–water partition coefficient (Wildman–Crippen LogP) is 3.56. The number of thioether (sulfide) groups is 1. The van der Waals surface area contributed by atoms with Crippen LogP contribution in [0.4, 0.5) is 5.69 Å². The summed E-state index contributed by atoms with van der Waals surface area (Å²) in [7, 11) is 1.64. The standard InChI is InChI=1S/C21H23N5O2S/c1-4-17-23-24-21-26(17)25-18(14-9-11-15(28-3)12-10-14)19(29-21)20(27)22-16-8-6-5-7-13(16)2/h5-12,18-19,25H,4H2,1-3H3,(H,22,27). The quantitative estimate of drug-likeness (QED) is 0.671. The summed E-state index contributed by atoms with van der Waals surface area (Å²) in [4.78, 5) is 13.3. The molecule has 2 unspecified atom stereocenters. The van der Waals surface area contributed by atoms with E-state index in [2.05, 4.69) is 20.9 Å². The molecule has 0 bridgehead atoms. The van der Waals surface area contributed by atoms with E-state index in [9.17, 15) is 4.79 Å². The second-order valence-electron chi connectivity index (χ2n) is 6.81. The number of ether oxygens (including phenoxy) is 1. The lowest BCUT2D eigenvalue weighted by Gasteiger charge is -2.33. The number of carbonyl (C=O) groups is 1. The fraction of sp³-hybridized carbons (Fsp3) is 0.286. The van der Waals surface area contributed by atoms with Gasteiger partial charge >= 0.3 is 0 Å². The number of aromatic nitrogens is 3. The SMILES string of the molecule is CCc1nnc2n1NC(c1ccc(OC)cc1)C(C(=O)Nc1ccccc1C)S2. The maximum absolute atomic E-state index is 13.3. The second-order valence-corrected chi connectivity index (χ2v) is 7.92. The number of hydrogen-bond acceptors (Lipinski definition) is 6. The lowest BCUT2D eigenvalue weighted by Crippen LogP contribution is -2.41. The van der Waals surface area contributed by atoms with Crippen LogP contribution >= 0.6 is 11.8 Å². The van der Waals surface area contributed by atoms with E-state index < -0.39 is 5.25 Å². The molecule has 0 radical (unpaired) electrons. The number of carbonyl (C=O) groups excluding carboxylic acids is 1. The Bertz CT molecular complexity index is 1020. The Morgan fingerprint density at radius 3 is 2.66 bits per heavy atom. The van der Waals surface area contributed by atoms with Gasteiger partial charge in [0.25, 0.3) is 0 Å². The van der Waals surface area contributed by atoms with Gasteiger partial charge in [0.1, 0.15) is 11.0 Å². The van der Waals surface area contributed by atoms with E-state index in [0.29, 0.717) is 5.16 Å². The molecule has 2 aromatic carbocycles. The number of aryl methyl sites for hydroxylation is 2. The number of rotatable bonds is 5. The Hall–Kier alpha value is -3.00. The van der Waals surface area contributed by atoms with E-state index in [1.807, 2.05) is 67.1 Å². The van der Waals surface area contributed by atoms with E-state index in [-0.39, 0.29) is 11.9 Å². The summed E-state index contributed by atoms with van der Waals surface area (Å²) in [5, 5.41) is 11.8. The number of amides is 1. The molecule has 1 aromatic heterocycles. The van der Waals surface area contributed by atoms with Crippen LogP contribution in [0.3, 0.4) is 0 Å². The number of nitrogens with zero attached hydrogens (tertiary/aromatic N) is 3. The third-order valence-corrected chi connectivity index (χ3v) is 6.17. The largest absolute Gasteiger partial charge is 0.497 e. The molecule has 2 heterocycles. The molecule has 150 valence electrons. The predicted molar refractivity (Wildman–Crippen MR) is 114 cm³/mol. The van der Waals surface area contributed by atoms with Crippen LogP contribution in [-0.4, -0.2) is 33.1 Å². The monoisotopic (exact) mass is 409 g/mol. The Morgan fingerprint density at radius 2 is 1.97 bits per heavy atom. The van der Waals surface area contributed by atoms with E-state index in [1.165, 1.54) is 11.8 Å². The maximum Gasteiger partial charge on any atom is 0.240 e. The summed E-state index contributed by atoms with van der Waals surface area (Å²) < 4.78 is 7.16. The lowest BCUT2D eigenvalue weighted by molar-refractivity contribution is -0.116. The first-order valence-electron chi connectivity index (χ1n) is 9.48. The first-order valence-corrected chi connectivity index (χ1v) is 10.4. The molecule has 1 aliphatic rings. The molecule has 3 aromatic rings. The van der Waals surface area contributed by atoms with Gasteiger partial charge in [0.2, 0.25) is 11.1 Å². The van der Waals surface area contributed by atoms with Crippen LogP contribution < -0.4 is 15.5 Å². The van der Waals surface area contributed by atoms with Crippen molar-refractivity contribution in [1.82, 2.24) is 14.9 Å². The van der Waals surface area contributed by atoms with Crippen molar-refractivity contribution in [3.8, 4) is 5.75 Å². The zero-order valence-corrected chi connectivity index (χ0v) is 17.4. The van der Waals surface area contributed by atoms with Crippen molar-refractivity contribution in [3.05, 3.63) is 65.5 Å². The van der Waals surface area contributed by atoms with Crippen molar-refractivity contribution >= 4 is 23.4 Å². The Morgan fingerprint density at radius 1 is 1.21 bits per heavy atom. The molecular weight excluding hydrogens is 386 g/mol. The van der Waals surface area contributed by atoms with Gasteiger partial charge in [-0.3, -0.25) is 4.79 Å². The first-order chi connectivity index (χ1) is 14.1. The minimum atomic E-state index is -0.413. The fourth-order valence-corrected chi connectivity index (χ4v) is 4.40. The smallest absolute Gasteiger partial charge is 0.240 e. The van der Waals surface area contributed by atoms with E-state index in [1.54, 1.807) is 7.11 Å². The van der Waals surface area contributed by atoms with Gasteiger partial charge < -0.3 is 15.5 Å². The molecule has 29 heavy (non-hydrogen) atoms. The molecule has 1 amide bonds. The van der Waals surface area contributed by atoms with Crippen LogP contribution in [0.1, 0.15) is 29.9 Å². The van der Waals surface area contributed by atoms with Gasteiger partial charge in [0.15, 0.2) is 5.82 Å². The van der Waals surface area contributed by atoms with Crippen LogP contribution in [0.2, 0.25) is 0 Å². The molecule has 2 N–H and O–H groups in total. The topological polar surface area (TPSA) is 81.1 Å². The minimum absolute atomic E-state index is 0.0788. The lowest BCUT2D eigenvalue weighted by atomic mass is 10.0. The summed E-state index contributed by atoms with van der Waals surface area (Å²) in [6.45, 7) is 4.01. The third-order valence-electron chi connectivity index (χ3n) is 4.96. The Kier molecular flexibility index (Phi) is 5.44. The van der Waals surface area contributed by atoms with Gasteiger partial charge in [-0.25, -0.2) is 4.68 Å². The molecule has 0 spiro atoms. The summed E-state index contributed by atoms with van der Waals surface area (Å²) in [6.07, 6.45) is 0.746. The molecule has 4 rings (SSSR count). The van der Waals surface area contributed by atoms with Crippen molar-refractivity contribution in [2.75, 3.05) is 17.9 Å². The molecule has 8 heteroatoms. The zero-order valence-electron chi connectivity index (χ0n) is 16.5. The van der Waals surface area contributed by atoms with Crippen LogP contribution in [0.15, 0.2) is 53.7 Å². The number of nitrogens with one attached hydrogen (secondary N) is 2. The van der Waals surface area contributed by atoms with Gasteiger partial charge in [-0.1, -0.05) is 49.0 Å². The van der Waals surface area contributed by atoms with Gasteiger partial charge in [-0.05, 0) is 36.2 Å². The van der Waals surface area contributed by atoms with Crippen molar-refractivity contribution in [2.45, 2.75) is 36.7 Å².